The van der Waals surface area contributed by atoms with Gasteiger partial charge in [-0.3, -0.25) is 4.79 Å². The lowest BCUT2D eigenvalue weighted by molar-refractivity contribution is -0.120. The van der Waals surface area contributed by atoms with Gasteiger partial charge in [-0.1, -0.05) is 13.8 Å². The monoisotopic (exact) mass is 206 g/mol. The van der Waals surface area contributed by atoms with E-state index >= 15 is 0 Å². The summed E-state index contributed by atoms with van der Waals surface area (Å²) in [6, 6.07) is 0. The molecule has 0 amide bonds. The summed E-state index contributed by atoms with van der Waals surface area (Å²) >= 11 is 0. The number of hydrogen-bond donors (Lipinski definition) is 0. The first-order valence-corrected chi connectivity index (χ1v) is 6.46. The molecular weight excluding hydrogens is 188 g/mol. The molecule has 0 aromatic heterocycles. The second-order valence-electron chi connectivity index (χ2n) is 3.24. The van der Waals surface area contributed by atoms with E-state index in [0.29, 0.717) is 6.42 Å². The summed E-state index contributed by atoms with van der Waals surface area (Å²) in [5, 5.41) is 0. The largest absolute Gasteiger partial charge is 0.300 e. The number of ketones is 1. The summed E-state index contributed by atoms with van der Waals surface area (Å²) < 4.78 is 22.3. The number of Topliss-reactive ketones (excluding diaryl/α,β-unsaturated/α-hetero) is 1. The van der Waals surface area contributed by atoms with E-state index in [9.17, 15) is 13.2 Å². The second-order valence-corrected chi connectivity index (χ2v) is 5.71. The Morgan fingerprint density at radius 1 is 1.31 bits per heavy atom. The van der Waals surface area contributed by atoms with Crippen LogP contribution in [-0.2, 0) is 14.6 Å². The molecule has 0 spiro atoms. The minimum absolute atomic E-state index is 0.0821. The fourth-order valence-corrected chi connectivity index (χ4v) is 2.09. The van der Waals surface area contributed by atoms with Gasteiger partial charge in [0.25, 0.3) is 0 Å². The van der Waals surface area contributed by atoms with Gasteiger partial charge >= 0.3 is 0 Å². The Balaban J connectivity index is 4.07. The fraction of sp³-hybridized carbons (Fsp3) is 0.889. The molecule has 0 aliphatic rings. The molecule has 0 bridgehead atoms. The second kappa shape index (κ2) is 5.37. The first-order valence-electron chi connectivity index (χ1n) is 4.63. The van der Waals surface area contributed by atoms with Crippen molar-refractivity contribution in [3.8, 4) is 0 Å². The molecule has 1 unspecified atom stereocenters. The van der Waals surface area contributed by atoms with Gasteiger partial charge in [-0.2, -0.15) is 0 Å². The van der Waals surface area contributed by atoms with Crippen molar-refractivity contribution in [1.29, 1.82) is 0 Å². The smallest absolute Gasteiger partial charge is 0.150 e. The van der Waals surface area contributed by atoms with Gasteiger partial charge in [0.2, 0.25) is 0 Å². The van der Waals surface area contributed by atoms with Gasteiger partial charge in [-0.25, -0.2) is 8.42 Å². The Kier molecular flexibility index (Phi) is 5.21. The van der Waals surface area contributed by atoms with Crippen LogP contribution in [0.1, 0.15) is 33.6 Å². The van der Waals surface area contributed by atoms with E-state index < -0.39 is 9.84 Å². The molecule has 78 valence electrons. The van der Waals surface area contributed by atoms with E-state index in [2.05, 4.69) is 0 Å². The summed E-state index contributed by atoms with van der Waals surface area (Å²) in [5.74, 6) is 0.318. The number of sulfone groups is 1. The lowest BCUT2D eigenvalue weighted by Gasteiger charge is -2.09. The maximum atomic E-state index is 11.1. The molecule has 0 saturated heterocycles. The van der Waals surface area contributed by atoms with E-state index in [1.54, 1.807) is 6.92 Å². The maximum absolute atomic E-state index is 11.1. The zero-order valence-corrected chi connectivity index (χ0v) is 9.36. The van der Waals surface area contributed by atoms with Gasteiger partial charge in [0, 0.05) is 11.7 Å². The Bertz CT molecular complexity index is 254. The van der Waals surface area contributed by atoms with Crippen LogP contribution in [0.5, 0.6) is 0 Å². The molecule has 3 nitrogen and oxygen atoms in total. The van der Waals surface area contributed by atoms with Crippen LogP contribution in [0.25, 0.3) is 0 Å². The molecular formula is C9H18O3S. The highest BCUT2D eigenvalue weighted by Crippen LogP contribution is 2.11. The fourth-order valence-electron chi connectivity index (χ4n) is 1.16. The van der Waals surface area contributed by atoms with Crippen molar-refractivity contribution in [2.45, 2.75) is 33.6 Å². The summed E-state index contributed by atoms with van der Waals surface area (Å²) in [6.07, 6.45) is 1.20. The number of carbonyl (C=O) groups is 1. The van der Waals surface area contributed by atoms with Crippen molar-refractivity contribution in [2.75, 3.05) is 11.5 Å². The van der Waals surface area contributed by atoms with Crippen LogP contribution in [0.15, 0.2) is 0 Å². The van der Waals surface area contributed by atoms with E-state index in [4.69, 9.17) is 0 Å². The van der Waals surface area contributed by atoms with Crippen molar-refractivity contribution < 1.29 is 13.2 Å². The predicted molar refractivity (Wildman–Crippen MR) is 53.4 cm³/mol. The average Bonchev–Trinajstić information content (AvgIpc) is 2.05. The highest BCUT2D eigenvalue weighted by molar-refractivity contribution is 7.91. The maximum Gasteiger partial charge on any atom is 0.150 e. The molecule has 0 fully saturated rings. The molecule has 0 aliphatic heterocycles. The number of carbonyl (C=O) groups excluding carboxylic acids is 1. The quantitative estimate of drug-likeness (QED) is 0.660. The van der Waals surface area contributed by atoms with Crippen LogP contribution in [0, 0.1) is 5.92 Å². The number of rotatable bonds is 6. The van der Waals surface area contributed by atoms with Gasteiger partial charge in [-0.05, 0) is 19.8 Å². The minimum atomic E-state index is -2.91. The van der Waals surface area contributed by atoms with Crippen molar-refractivity contribution in [3.05, 3.63) is 0 Å². The third-order valence-electron chi connectivity index (χ3n) is 2.28. The lowest BCUT2D eigenvalue weighted by Crippen LogP contribution is -2.17. The molecule has 4 heteroatoms. The SMILES string of the molecule is CCC(CCS(=O)(=O)CC)C(C)=O. The van der Waals surface area contributed by atoms with Crippen LogP contribution in [-0.4, -0.2) is 25.7 Å². The van der Waals surface area contributed by atoms with Gasteiger partial charge < -0.3 is 0 Å². The molecule has 1 atom stereocenters. The number of hydrogen-bond acceptors (Lipinski definition) is 3. The average molecular weight is 206 g/mol. The van der Waals surface area contributed by atoms with Crippen LogP contribution < -0.4 is 0 Å². The van der Waals surface area contributed by atoms with E-state index in [-0.39, 0.29) is 23.2 Å². The summed E-state index contributed by atoms with van der Waals surface area (Å²) in [7, 11) is -2.91. The lowest BCUT2D eigenvalue weighted by atomic mass is 10.00. The molecule has 0 heterocycles. The van der Waals surface area contributed by atoms with E-state index in [1.165, 1.54) is 6.92 Å². The Morgan fingerprint density at radius 3 is 2.15 bits per heavy atom. The van der Waals surface area contributed by atoms with Gasteiger partial charge in [-0.15, -0.1) is 0 Å². The Hall–Kier alpha value is -0.380. The van der Waals surface area contributed by atoms with Crippen LogP contribution in [0.2, 0.25) is 0 Å². The summed E-state index contributed by atoms with van der Waals surface area (Å²) in [6.45, 7) is 5.06. The van der Waals surface area contributed by atoms with Crippen LogP contribution in [0.4, 0.5) is 0 Å². The highest BCUT2D eigenvalue weighted by atomic mass is 32.2. The molecule has 0 saturated carbocycles. The summed E-state index contributed by atoms with van der Waals surface area (Å²) in [5.41, 5.74) is 0. The van der Waals surface area contributed by atoms with E-state index in [1.807, 2.05) is 6.92 Å². The Labute approximate surface area is 80.4 Å². The van der Waals surface area contributed by atoms with Crippen molar-refractivity contribution >= 4 is 15.6 Å². The predicted octanol–water partition coefficient (Wildman–Crippen LogP) is 1.43. The highest BCUT2D eigenvalue weighted by Gasteiger charge is 2.15. The molecule has 0 rings (SSSR count). The van der Waals surface area contributed by atoms with Gasteiger partial charge in [0.1, 0.15) is 15.6 Å². The standard InChI is InChI=1S/C9H18O3S/c1-4-9(8(3)10)6-7-13(11,12)5-2/h9H,4-7H2,1-3H3. The first-order chi connectivity index (χ1) is 5.93. The van der Waals surface area contributed by atoms with Crippen LogP contribution >= 0.6 is 0 Å². The molecule has 0 aliphatic carbocycles. The zero-order valence-electron chi connectivity index (χ0n) is 8.54. The normalized spacial score (nSPS) is 14.1. The first kappa shape index (κ1) is 12.6. The molecule has 0 aromatic rings. The third-order valence-corrected chi connectivity index (χ3v) is 4.02. The Morgan fingerprint density at radius 2 is 1.85 bits per heavy atom. The van der Waals surface area contributed by atoms with Crippen molar-refractivity contribution in [2.24, 2.45) is 5.92 Å². The topological polar surface area (TPSA) is 51.2 Å². The molecule has 0 N–H and O–H groups in total. The van der Waals surface area contributed by atoms with E-state index in [0.717, 1.165) is 6.42 Å². The van der Waals surface area contributed by atoms with Crippen LogP contribution in [0.3, 0.4) is 0 Å². The third kappa shape index (κ3) is 5.03. The zero-order chi connectivity index (χ0) is 10.5. The van der Waals surface area contributed by atoms with Gasteiger partial charge in [0.05, 0.1) is 5.75 Å². The van der Waals surface area contributed by atoms with Gasteiger partial charge in [0.15, 0.2) is 0 Å². The molecule has 0 aromatic carbocycles. The molecule has 0 radical (unpaired) electrons. The molecule has 13 heavy (non-hydrogen) atoms. The van der Waals surface area contributed by atoms with Crippen molar-refractivity contribution in [1.82, 2.24) is 0 Å². The van der Waals surface area contributed by atoms with Crippen molar-refractivity contribution in [3.63, 3.8) is 0 Å². The summed E-state index contributed by atoms with van der Waals surface area (Å²) in [4.78, 5) is 11.0. The minimum Gasteiger partial charge on any atom is -0.300 e.